The standard InChI is InChI=1S/C13H11BrF2N2O2S/c14-9-5-11(15)13(12(16)6-9)18-21(19,20)7-8-2-1-3-10(17)4-8/h1-6,18H,7,17H2. The molecule has 2 aromatic rings. The van der Waals surface area contributed by atoms with E-state index in [0.717, 1.165) is 12.1 Å². The summed E-state index contributed by atoms with van der Waals surface area (Å²) in [7, 11) is -3.96. The van der Waals surface area contributed by atoms with Crippen molar-refractivity contribution >= 4 is 37.3 Å². The highest BCUT2D eigenvalue weighted by Gasteiger charge is 2.18. The van der Waals surface area contributed by atoms with Crippen molar-refractivity contribution in [3.05, 3.63) is 58.1 Å². The van der Waals surface area contributed by atoms with Gasteiger partial charge in [-0.3, -0.25) is 4.72 Å². The SMILES string of the molecule is Nc1cccc(CS(=O)(=O)Nc2c(F)cc(Br)cc2F)c1. The molecule has 112 valence electrons. The van der Waals surface area contributed by atoms with Gasteiger partial charge in [-0.25, -0.2) is 17.2 Å². The third kappa shape index (κ3) is 4.15. The van der Waals surface area contributed by atoms with Crippen LogP contribution in [0.4, 0.5) is 20.2 Å². The highest BCUT2D eigenvalue weighted by Crippen LogP contribution is 2.25. The molecule has 0 aliphatic rings. The molecule has 0 aliphatic carbocycles. The molecule has 0 saturated carbocycles. The summed E-state index contributed by atoms with van der Waals surface area (Å²) in [6.07, 6.45) is 0. The minimum absolute atomic E-state index is 0.177. The highest BCUT2D eigenvalue weighted by molar-refractivity contribution is 9.10. The number of nitrogens with two attached hydrogens (primary N) is 1. The maximum atomic E-state index is 13.6. The van der Waals surface area contributed by atoms with Gasteiger partial charge in [0.15, 0.2) is 11.6 Å². The van der Waals surface area contributed by atoms with Gasteiger partial charge in [0.1, 0.15) is 5.69 Å². The maximum absolute atomic E-state index is 13.6. The third-order valence-corrected chi connectivity index (χ3v) is 4.26. The normalized spacial score (nSPS) is 11.4. The lowest BCUT2D eigenvalue weighted by Gasteiger charge is -2.10. The van der Waals surface area contributed by atoms with E-state index in [2.05, 4.69) is 15.9 Å². The van der Waals surface area contributed by atoms with Crippen molar-refractivity contribution in [2.24, 2.45) is 0 Å². The highest BCUT2D eigenvalue weighted by atomic mass is 79.9. The van der Waals surface area contributed by atoms with Gasteiger partial charge in [-0.15, -0.1) is 0 Å². The number of hydrogen-bond donors (Lipinski definition) is 2. The number of benzene rings is 2. The first-order chi connectivity index (χ1) is 9.77. The van der Waals surface area contributed by atoms with E-state index in [9.17, 15) is 17.2 Å². The van der Waals surface area contributed by atoms with Gasteiger partial charge in [0, 0.05) is 10.2 Å². The Labute approximate surface area is 129 Å². The lowest BCUT2D eigenvalue weighted by Crippen LogP contribution is -2.17. The Bertz CT molecular complexity index is 758. The van der Waals surface area contributed by atoms with Crippen LogP contribution in [0, 0.1) is 11.6 Å². The molecular formula is C13H11BrF2N2O2S. The number of sulfonamides is 1. The van der Waals surface area contributed by atoms with Gasteiger partial charge in [-0.1, -0.05) is 28.1 Å². The van der Waals surface area contributed by atoms with Crippen molar-refractivity contribution in [3.8, 4) is 0 Å². The molecule has 0 heterocycles. The lowest BCUT2D eigenvalue weighted by atomic mass is 10.2. The van der Waals surface area contributed by atoms with Crippen molar-refractivity contribution in [1.82, 2.24) is 0 Å². The zero-order valence-electron chi connectivity index (χ0n) is 10.6. The van der Waals surface area contributed by atoms with Crippen LogP contribution in [0.1, 0.15) is 5.56 Å². The summed E-state index contributed by atoms with van der Waals surface area (Å²) >= 11 is 2.92. The van der Waals surface area contributed by atoms with Gasteiger partial charge in [0.2, 0.25) is 10.0 Å². The molecule has 4 nitrogen and oxygen atoms in total. The topological polar surface area (TPSA) is 72.2 Å². The maximum Gasteiger partial charge on any atom is 0.237 e. The number of nitrogen functional groups attached to an aromatic ring is 1. The van der Waals surface area contributed by atoms with E-state index in [0.29, 0.717) is 11.3 Å². The van der Waals surface area contributed by atoms with Crippen molar-refractivity contribution in [2.75, 3.05) is 10.5 Å². The predicted molar refractivity (Wildman–Crippen MR) is 81.2 cm³/mol. The fraction of sp³-hybridized carbons (Fsp3) is 0.0769. The van der Waals surface area contributed by atoms with Gasteiger partial charge in [0.05, 0.1) is 5.75 Å². The summed E-state index contributed by atoms with van der Waals surface area (Å²) in [5.74, 6) is -2.44. The first-order valence-corrected chi connectivity index (χ1v) is 8.21. The molecule has 0 aliphatic heterocycles. The monoisotopic (exact) mass is 376 g/mol. The van der Waals surface area contributed by atoms with Gasteiger partial charge >= 0.3 is 0 Å². The first kappa shape index (κ1) is 15.7. The molecule has 0 atom stereocenters. The number of rotatable bonds is 4. The Kier molecular flexibility index (Phi) is 4.48. The summed E-state index contributed by atoms with van der Waals surface area (Å²) < 4.78 is 53.3. The number of halogens is 3. The third-order valence-electron chi connectivity index (χ3n) is 2.57. The second-order valence-corrected chi connectivity index (χ2v) is 6.99. The van der Waals surface area contributed by atoms with Crippen LogP contribution in [0.2, 0.25) is 0 Å². The van der Waals surface area contributed by atoms with E-state index < -0.39 is 33.1 Å². The van der Waals surface area contributed by atoms with Crippen LogP contribution in [0.25, 0.3) is 0 Å². The Hall–Kier alpha value is -1.67. The summed E-state index contributed by atoms with van der Waals surface area (Å²) in [4.78, 5) is 0. The minimum atomic E-state index is -3.96. The van der Waals surface area contributed by atoms with Crippen LogP contribution in [-0.4, -0.2) is 8.42 Å². The summed E-state index contributed by atoms with van der Waals surface area (Å²) in [6.45, 7) is 0. The average Bonchev–Trinajstić information content (AvgIpc) is 2.33. The zero-order chi connectivity index (χ0) is 15.6. The van der Waals surface area contributed by atoms with E-state index in [1.54, 1.807) is 18.2 Å². The van der Waals surface area contributed by atoms with Crippen molar-refractivity contribution < 1.29 is 17.2 Å². The molecule has 8 heteroatoms. The Morgan fingerprint density at radius 1 is 1.14 bits per heavy atom. The second kappa shape index (κ2) is 5.98. The molecule has 2 aromatic carbocycles. The van der Waals surface area contributed by atoms with Crippen LogP contribution < -0.4 is 10.5 Å². The molecule has 0 saturated heterocycles. The average molecular weight is 377 g/mol. The van der Waals surface area contributed by atoms with Crippen molar-refractivity contribution in [1.29, 1.82) is 0 Å². The largest absolute Gasteiger partial charge is 0.399 e. The van der Waals surface area contributed by atoms with Crippen molar-refractivity contribution in [3.63, 3.8) is 0 Å². The fourth-order valence-corrected chi connectivity index (χ4v) is 3.33. The number of hydrogen-bond acceptors (Lipinski definition) is 3. The minimum Gasteiger partial charge on any atom is -0.399 e. The van der Waals surface area contributed by atoms with Crippen LogP contribution in [0.3, 0.4) is 0 Å². The molecular weight excluding hydrogens is 366 g/mol. The second-order valence-electron chi connectivity index (χ2n) is 4.35. The molecule has 0 aromatic heterocycles. The predicted octanol–water partition coefficient (Wildman–Crippen LogP) is 3.25. The van der Waals surface area contributed by atoms with E-state index in [1.165, 1.54) is 6.07 Å². The molecule has 0 bridgehead atoms. The molecule has 0 unspecified atom stereocenters. The van der Waals surface area contributed by atoms with Crippen LogP contribution in [-0.2, 0) is 15.8 Å². The summed E-state index contributed by atoms with van der Waals surface area (Å²) in [5.41, 5.74) is 5.67. The zero-order valence-corrected chi connectivity index (χ0v) is 13.0. The molecule has 0 radical (unpaired) electrons. The van der Waals surface area contributed by atoms with Crippen molar-refractivity contribution in [2.45, 2.75) is 5.75 Å². The van der Waals surface area contributed by atoms with Crippen LogP contribution in [0.15, 0.2) is 40.9 Å². The van der Waals surface area contributed by atoms with E-state index in [4.69, 9.17) is 5.73 Å². The molecule has 0 spiro atoms. The van der Waals surface area contributed by atoms with Gasteiger partial charge in [0.25, 0.3) is 0 Å². The fourth-order valence-electron chi connectivity index (χ4n) is 1.73. The summed E-state index contributed by atoms with van der Waals surface area (Å²) in [6, 6.07) is 8.19. The molecule has 2 rings (SSSR count). The quantitative estimate of drug-likeness (QED) is 0.804. The number of anilines is 2. The van der Waals surface area contributed by atoms with E-state index in [-0.39, 0.29) is 4.47 Å². The lowest BCUT2D eigenvalue weighted by molar-refractivity contribution is 0.581. The summed E-state index contributed by atoms with van der Waals surface area (Å²) in [5, 5.41) is 0. The Morgan fingerprint density at radius 3 is 2.33 bits per heavy atom. The smallest absolute Gasteiger partial charge is 0.237 e. The van der Waals surface area contributed by atoms with Gasteiger partial charge in [-0.2, -0.15) is 0 Å². The van der Waals surface area contributed by atoms with E-state index in [1.807, 2.05) is 4.72 Å². The Balaban J connectivity index is 2.26. The molecule has 0 fully saturated rings. The van der Waals surface area contributed by atoms with Gasteiger partial charge < -0.3 is 5.73 Å². The van der Waals surface area contributed by atoms with Crippen LogP contribution >= 0.6 is 15.9 Å². The molecule has 0 amide bonds. The van der Waals surface area contributed by atoms with E-state index >= 15 is 0 Å². The number of nitrogens with one attached hydrogen (secondary N) is 1. The van der Waals surface area contributed by atoms with Crippen LogP contribution in [0.5, 0.6) is 0 Å². The molecule has 3 N–H and O–H groups in total. The molecule has 21 heavy (non-hydrogen) atoms. The first-order valence-electron chi connectivity index (χ1n) is 5.76. The van der Waals surface area contributed by atoms with Gasteiger partial charge in [-0.05, 0) is 29.8 Å². The Morgan fingerprint density at radius 2 is 1.76 bits per heavy atom.